The SMILES string of the molecule is CC1CCCN(c2cc(N3CCCN(C(=O)c4ccccc4Cl)CC3)ncn2)C1. The minimum Gasteiger partial charge on any atom is -0.356 e. The number of nitrogens with zero attached hydrogens (tertiary/aromatic N) is 5. The summed E-state index contributed by atoms with van der Waals surface area (Å²) in [6.45, 7) is 7.42. The molecule has 2 saturated heterocycles. The Kier molecular flexibility index (Phi) is 6.19. The molecule has 0 N–H and O–H groups in total. The number of carbonyl (C=O) groups is 1. The molecule has 2 aromatic rings. The van der Waals surface area contributed by atoms with Gasteiger partial charge in [0.1, 0.15) is 18.0 Å². The van der Waals surface area contributed by atoms with Gasteiger partial charge in [-0.3, -0.25) is 4.79 Å². The second-order valence-corrected chi connectivity index (χ2v) is 8.45. The van der Waals surface area contributed by atoms with Gasteiger partial charge in [-0.25, -0.2) is 9.97 Å². The summed E-state index contributed by atoms with van der Waals surface area (Å²) in [7, 11) is 0. The first-order valence-corrected chi connectivity index (χ1v) is 10.9. The minimum absolute atomic E-state index is 0.00290. The molecule has 2 fully saturated rings. The summed E-state index contributed by atoms with van der Waals surface area (Å²) < 4.78 is 0. The maximum Gasteiger partial charge on any atom is 0.255 e. The molecular formula is C22H28ClN5O. The predicted molar refractivity (Wildman–Crippen MR) is 117 cm³/mol. The normalized spacial score (nSPS) is 20.5. The molecule has 1 atom stereocenters. The average Bonchev–Trinajstić information content (AvgIpc) is 3.00. The third-order valence-electron chi connectivity index (χ3n) is 5.83. The lowest BCUT2D eigenvalue weighted by Gasteiger charge is -2.32. The van der Waals surface area contributed by atoms with Crippen molar-refractivity contribution in [3.8, 4) is 0 Å². The molecule has 3 heterocycles. The molecule has 4 rings (SSSR count). The third-order valence-corrected chi connectivity index (χ3v) is 6.16. The van der Waals surface area contributed by atoms with Crippen LogP contribution in [0.3, 0.4) is 0 Å². The van der Waals surface area contributed by atoms with Gasteiger partial charge in [-0.1, -0.05) is 30.7 Å². The molecule has 0 saturated carbocycles. The molecule has 154 valence electrons. The number of rotatable bonds is 3. The Morgan fingerprint density at radius 1 is 1.00 bits per heavy atom. The number of aromatic nitrogens is 2. The molecule has 0 spiro atoms. The van der Waals surface area contributed by atoms with Crippen LogP contribution in [0.5, 0.6) is 0 Å². The minimum atomic E-state index is 0.00290. The fourth-order valence-corrected chi connectivity index (χ4v) is 4.45. The monoisotopic (exact) mass is 413 g/mol. The van der Waals surface area contributed by atoms with E-state index in [0.29, 0.717) is 23.0 Å². The lowest BCUT2D eigenvalue weighted by molar-refractivity contribution is 0.0767. The van der Waals surface area contributed by atoms with Gasteiger partial charge in [-0.05, 0) is 37.3 Å². The largest absolute Gasteiger partial charge is 0.356 e. The van der Waals surface area contributed by atoms with Gasteiger partial charge >= 0.3 is 0 Å². The van der Waals surface area contributed by atoms with Crippen LogP contribution in [0, 0.1) is 5.92 Å². The van der Waals surface area contributed by atoms with Gasteiger partial charge < -0.3 is 14.7 Å². The summed E-state index contributed by atoms with van der Waals surface area (Å²) in [5, 5.41) is 0.509. The van der Waals surface area contributed by atoms with Gasteiger partial charge in [-0.2, -0.15) is 0 Å². The topological polar surface area (TPSA) is 52.6 Å². The summed E-state index contributed by atoms with van der Waals surface area (Å²) >= 11 is 6.23. The average molecular weight is 414 g/mol. The second-order valence-electron chi connectivity index (χ2n) is 8.04. The van der Waals surface area contributed by atoms with E-state index in [1.807, 2.05) is 17.0 Å². The number of hydrogen-bond donors (Lipinski definition) is 0. The smallest absolute Gasteiger partial charge is 0.255 e. The lowest BCUT2D eigenvalue weighted by atomic mass is 10.0. The summed E-state index contributed by atoms with van der Waals surface area (Å²) in [5.74, 6) is 2.66. The maximum atomic E-state index is 12.9. The number of halogens is 1. The van der Waals surface area contributed by atoms with Crippen molar-refractivity contribution in [2.75, 3.05) is 49.1 Å². The zero-order chi connectivity index (χ0) is 20.2. The number of hydrogen-bond acceptors (Lipinski definition) is 5. The molecule has 2 aliphatic heterocycles. The van der Waals surface area contributed by atoms with Crippen molar-refractivity contribution in [3.63, 3.8) is 0 Å². The highest BCUT2D eigenvalue weighted by Crippen LogP contribution is 2.24. The second kappa shape index (κ2) is 8.99. The van der Waals surface area contributed by atoms with Crippen molar-refractivity contribution in [1.29, 1.82) is 0 Å². The number of amides is 1. The van der Waals surface area contributed by atoms with Crippen LogP contribution >= 0.6 is 11.6 Å². The molecule has 2 aliphatic rings. The Balaban J connectivity index is 1.44. The van der Waals surface area contributed by atoms with Gasteiger partial charge in [0.25, 0.3) is 5.91 Å². The van der Waals surface area contributed by atoms with E-state index in [1.54, 1.807) is 18.5 Å². The summed E-state index contributed by atoms with van der Waals surface area (Å²) in [6.07, 6.45) is 5.07. The van der Waals surface area contributed by atoms with Crippen LogP contribution in [0.2, 0.25) is 5.02 Å². The highest BCUT2D eigenvalue weighted by atomic mass is 35.5. The first-order chi connectivity index (χ1) is 14.1. The number of carbonyl (C=O) groups excluding carboxylic acids is 1. The molecule has 0 aliphatic carbocycles. The van der Waals surface area contributed by atoms with Gasteiger partial charge in [-0.15, -0.1) is 0 Å². The van der Waals surface area contributed by atoms with Crippen molar-refractivity contribution >= 4 is 29.1 Å². The van der Waals surface area contributed by atoms with Gasteiger partial charge in [0.15, 0.2) is 0 Å². The van der Waals surface area contributed by atoms with Crippen molar-refractivity contribution in [3.05, 3.63) is 47.2 Å². The van der Waals surface area contributed by atoms with E-state index in [1.165, 1.54) is 12.8 Å². The highest BCUT2D eigenvalue weighted by Gasteiger charge is 2.23. The molecule has 7 heteroatoms. The summed E-state index contributed by atoms with van der Waals surface area (Å²) in [6, 6.07) is 9.36. The van der Waals surface area contributed by atoms with E-state index in [0.717, 1.165) is 50.8 Å². The van der Waals surface area contributed by atoms with Crippen molar-refractivity contribution in [2.24, 2.45) is 5.92 Å². The van der Waals surface area contributed by atoms with Crippen molar-refractivity contribution in [1.82, 2.24) is 14.9 Å². The van der Waals surface area contributed by atoms with Gasteiger partial charge in [0.2, 0.25) is 0 Å². The first kappa shape index (κ1) is 20.0. The third kappa shape index (κ3) is 4.64. The fourth-order valence-electron chi connectivity index (χ4n) is 4.24. The van der Waals surface area contributed by atoms with E-state index < -0.39 is 0 Å². The zero-order valence-corrected chi connectivity index (χ0v) is 17.7. The summed E-state index contributed by atoms with van der Waals surface area (Å²) in [4.78, 5) is 28.5. The van der Waals surface area contributed by atoms with Crippen LogP contribution in [-0.2, 0) is 0 Å². The van der Waals surface area contributed by atoms with Crippen LogP contribution in [0.15, 0.2) is 36.7 Å². The van der Waals surface area contributed by atoms with E-state index >= 15 is 0 Å². The van der Waals surface area contributed by atoms with E-state index in [-0.39, 0.29) is 5.91 Å². The number of anilines is 2. The Bertz CT molecular complexity index is 861. The fraction of sp³-hybridized carbons (Fsp3) is 0.500. The first-order valence-electron chi connectivity index (χ1n) is 10.5. The van der Waals surface area contributed by atoms with Crippen LogP contribution < -0.4 is 9.80 Å². The van der Waals surface area contributed by atoms with Crippen molar-refractivity contribution < 1.29 is 4.79 Å². The zero-order valence-electron chi connectivity index (χ0n) is 16.9. The number of benzene rings is 1. The molecule has 1 unspecified atom stereocenters. The molecule has 6 nitrogen and oxygen atoms in total. The Labute approximate surface area is 177 Å². The van der Waals surface area contributed by atoms with Crippen molar-refractivity contribution in [2.45, 2.75) is 26.2 Å². The number of piperidine rings is 1. The van der Waals surface area contributed by atoms with Crippen LogP contribution in [-0.4, -0.2) is 60.0 Å². The molecule has 0 radical (unpaired) electrons. The molecule has 0 bridgehead atoms. The molecule has 1 aromatic heterocycles. The molecule has 1 aromatic carbocycles. The van der Waals surface area contributed by atoms with E-state index in [9.17, 15) is 4.79 Å². The van der Waals surface area contributed by atoms with Crippen LogP contribution in [0.1, 0.15) is 36.5 Å². The lowest BCUT2D eigenvalue weighted by Crippen LogP contribution is -2.36. The highest BCUT2D eigenvalue weighted by molar-refractivity contribution is 6.33. The van der Waals surface area contributed by atoms with E-state index in [2.05, 4.69) is 32.8 Å². The summed E-state index contributed by atoms with van der Waals surface area (Å²) in [5.41, 5.74) is 0.575. The van der Waals surface area contributed by atoms with Crippen LogP contribution in [0.4, 0.5) is 11.6 Å². The Morgan fingerprint density at radius 2 is 1.76 bits per heavy atom. The molecule has 1 amide bonds. The van der Waals surface area contributed by atoms with Gasteiger partial charge in [0.05, 0.1) is 10.6 Å². The van der Waals surface area contributed by atoms with Crippen LogP contribution in [0.25, 0.3) is 0 Å². The van der Waals surface area contributed by atoms with E-state index in [4.69, 9.17) is 11.6 Å². The van der Waals surface area contributed by atoms with Gasteiger partial charge in [0, 0.05) is 45.3 Å². The predicted octanol–water partition coefficient (Wildman–Crippen LogP) is 3.72. The Hall–Kier alpha value is -2.34. The molecular weight excluding hydrogens is 386 g/mol. The Morgan fingerprint density at radius 3 is 2.55 bits per heavy atom. The molecule has 29 heavy (non-hydrogen) atoms. The maximum absolute atomic E-state index is 12.9. The quantitative estimate of drug-likeness (QED) is 0.767. The standard InChI is InChI=1S/C22H28ClN5O/c1-17-6-4-9-28(15-17)21-14-20(24-16-25-21)26-10-5-11-27(13-12-26)22(29)18-7-2-3-8-19(18)23/h2-3,7-8,14,16-17H,4-6,9-13,15H2,1H3.